The standard InChI is InChI=1S/C16H12F3N3/c1-9-13-5-11(17)6-14(18)12(13)2-3-22(9)16-15(19)4-10(7-20)8-21-16/h4-6,8-9H,2-3H2,1H3. The van der Waals surface area contributed by atoms with Gasteiger partial charge in [-0.3, -0.25) is 0 Å². The lowest BCUT2D eigenvalue weighted by atomic mass is 9.93. The molecule has 0 fully saturated rings. The van der Waals surface area contributed by atoms with Gasteiger partial charge >= 0.3 is 0 Å². The van der Waals surface area contributed by atoms with E-state index >= 15 is 0 Å². The zero-order valence-electron chi connectivity index (χ0n) is 11.8. The Bertz CT molecular complexity index is 783. The summed E-state index contributed by atoms with van der Waals surface area (Å²) in [6.07, 6.45) is 1.62. The first-order chi connectivity index (χ1) is 10.5. The number of nitrogens with zero attached hydrogens (tertiary/aromatic N) is 3. The first-order valence-corrected chi connectivity index (χ1v) is 6.81. The SMILES string of the molecule is CC1c2cc(F)cc(F)c2CCN1c1ncc(C#N)cc1F. The van der Waals surface area contributed by atoms with Gasteiger partial charge in [-0.05, 0) is 36.6 Å². The number of halogens is 3. The largest absolute Gasteiger partial charge is 0.347 e. The number of hydrogen-bond donors (Lipinski definition) is 0. The van der Waals surface area contributed by atoms with E-state index in [4.69, 9.17) is 5.26 Å². The minimum Gasteiger partial charge on any atom is -0.347 e. The van der Waals surface area contributed by atoms with Crippen molar-refractivity contribution in [2.24, 2.45) is 0 Å². The van der Waals surface area contributed by atoms with Crippen LogP contribution >= 0.6 is 0 Å². The topological polar surface area (TPSA) is 39.9 Å². The van der Waals surface area contributed by atoms with Gasteiger partial charge in [-0.15, -0.1) is 0 Å². The summed E-state index contributed by atoms with van der Waals surface area (Å²) in [5.41, 5.74) is 1.08. The van der Waals surface area contributed by atoms with Crippen molar-refractivity contribution >= 4 is 5.82 Å². The minimum absolute atomic E-state index is 0.0850. The van der Waals surface area contributed by atoms with Crippen LogP contribution in [0.4, 0.5) is 19.0 Å². The highest BCUT2D eigenvalue weighted by atomic mass is 19.1. The van der Waals surface area contributed by atoms with Crippen molar-refractivity contribution in [1.82, 2.24) is 4.98 Å². The second-order valence-corrected chi connectivity index (χ2v) is 5.22. The number of hydrogen-bond acceptors (Lipinski definition) is 3. The van der Waals surface area contributed by atoms with Crippen LogP contribution in [-0.2, 0) is 6.42 Å². The Morgan fingerprint density at radius 2 is 2.00 bits per heavy atom. The van der Waals surface area contributed by atoms with E-state index in [1.165, 1.54) is 12.3 Å². The Morgan fingerprint density at radius 3 is 2.68 bits per heavy atom. The van der Waals surface area contributed by atoms with Gasteiger partial charge in [-0.2, -0.15) is 5.26 Å². The monoisotopic (exact) mass is 303 g/mol. The molecule has 2 heterocycles. The molecule has 2 aromatic rings. The normalized spacial score (nSPS) is 17.0. The van der Waals surface area contributed by atoms with E-state index in [1.807, 2.05) is 6.07 Å². The van der Waals surface area contributed by atoms with Gasteiger partial charge in [-0.25, -0.2) is 18.2 Å². The zero-order valence-corrected chi connectivity index (χ0v) is 11.8. The van der Waals surface area contributed by atoms with E-state index in [9.17, 15) is 13.2 Å². The lowest BCUT2D eigenvalue weighted by Crippen LogP contribution is -2.35. The third kappa shape index (κ3) is 2.29. The highest BCUT2D eigenvalue weighted by Crippen LogP contribution is 2.35. The Balaban J connectivity index is 2.03. The lowest BCUT2D eigenvalue weighted by Gasteiger charge is -2.36. The van der Waals surface area contributed by atoms with Gasteiger partial charge in [0.25, 0.3) is 0 Å². The number of aromatic nitrogens is 1. The van der Waals surface area contributed by atoms with Crippen molar-refractivity contribution in [1.29, 1.82) is 5.26 Å². The molecule has 1 aliphatic rings. The van der Waals surface area contributed by atoms with Gasteiger partial charge < -0.3 is 4.90 Å². The summed E-state index contributed by atoms with van der Waals surface area (Å²) in [7, 11) is 0. The fourth-order valence-corrected chi connectivity index (χ4v) is 2.85. The average molecular weight is 303 g/mol. The van der Waals surface area contributed by atoms with Crippen LogP contribution < -0.4 is 4.90 Å². The molecule has 0 saturated carbocycles. The molecule has 0 spiro atoms. The molecule has 22 heavy (non-hydrogen) atoms. The summed E-state index contributed by atoms with van der Waals surface area (Å²) < 4.78 is 41.4. The Morgan fingerprint density at radius 1 is 1.23 bits per heavy atom. The second-order valence-electron chi connectivity index (χ2n) is 5.22. The molecule has 0 bridgehead atoms. The van der Waals surface area contributed by atoms with Crippen molar-refractivity contribution in [3.8, 4) is 6.07 Å². The molecule has 1 unspecified atom stereocenters. The molecule has 0 radical (unpaired) electrons. The van der Waals surface area contributed by atoms with Crippen LogP contribution in [0.2, 0.25) is 0 Å². The van der Waals surface area contributed by atoms with Gasteiger partial charge in [0.1, 0.15) is 17.7 Å². The lowest BCUT2D eigenvalue weighted by molar-refractivity contribution is 0.525. The highest BCUT2D eigenvalue weighted by Gasteiger charge is 2.29. The number of nitriles is 1. The molecule has 1 aliphatic heterocycles. The third-order valence-electron chi connectivity index (χ3n) is 3.94. The highest BCUT2D eigenvalue weighted by molar-refractivity contribution is 5.50. The fourth-order valence-electron chi connectivity index (χ4n) is 2.85. The summed E-state index contributed by atoms with van der Waals surface area (Å²) >= 11 is 0. The predicted octanol–water partition coefficient (Wildman–Crippen LogP) is 3.49. The minimum atomic E-state index is -0.654. The predicted molar refractivity (Wildman–Crippen MR) is 74.7 cm³/mol. The van der Waals surface area contributed by atoms with Crippen LogP contribution in [0.25, 0.3) is 0 Å². The first-order valence-electron chi connectivity index (χ1n) is 6.81. The summed E-state index contributed by atoms with van der Waals surface area (Å²) in [4.78, 5) is 5.63. The maximum atomic E-state index is 14.1. The summed E-state index contributed by atoms with van der Waals surface area (Å²) in [5.74, 6) is -1.76. The molecule has 0 aliphatic carbocycles. The number of fused-ring (bicyclic) bond motifs is 1. The fraction of sp³-hybridized carbons (Fsp3) is 0.250. The molecule has 3 rings (SSSR count). The quantitative estimate of drug-likeness (QED) is 0.809. The van der Waals surface area contributed by atoms with Crippen LogP contribution in [-0.4, -0.2) is 11.5 Å². The molecule has 0 amide bonds. The summed E-state index contributed by atoms with van der Waals surface area (Å²) in [5, 5.41) is 8.75. The van der Waals surface area contributed by atoms with Crippen LogP contribution in [0, 0.1) is 28.8 Å². The molecular formula is C16H12F3N3. The van der Waals surface area contributed by atoms with Crippen LogP contribution in [0.1, 0.15) is 29.7 Å². The number of rotatable bonds is 1. The summed E-state index contributed by atoms with van der Waals surface area (Å²) in [6.45, 7) is 2.11. The molecule has 1 atom stereocenters. The molecule has 6 heteroatoms. The Kier molecular flexibility index (Phi) is 3.49. The van der Waals surface area contributed by atoms with E-state index in [1.54, 1.807) is 11.8 Å². The smallest absolute Gasteiger partial charge is 0.166 e. The molecule has 3 nitrogen and oxygen atoms in total. The van der Waals surface area contributed by atoms with Gasteiger partial charge in [0.15, 0.2) is 11.6 Å². The van der Waals surface area contributed by atoms with Crippen molar-refractivity contribution in [3.05, 3.63) is 58.5 Å². The maximum absolute atomic E-state index is 14.1. The zero-order chi connectivity index (χ0) is 15.9. The molecule has 112 valence electrons. The van der Waals surface area contributed by atoms with Gasteiger partial charge in [-0.1, -0.05) is 0 Å². The maximum Gasteiger partial charge on any atom is 0.166 e. The van der Waals surface area contributed by atoms with E-state index in [0.29, 0.717) is 24.1 Å². The molecule has 0 saturated heterocycles. The second kappa shape index (κ2) is 5.34. The number of benzene rings is 1. The average Bonchev–Trinajstić information content (AvgIpc) is 2.49. The van der Waals surface area contributed by atoms with Crippen molar-refractivity contribution < 1.29 is 13.2 Å². The van der Waals surface area contributed by atoms with Gasteiger partial charge in [0.05, 0.1) is 11.6 Å². The molecule has 0 N–H and O–H groups in total. The third-order valence-corrected chi connectivity index (χ3v) is 3.94. The van der Waals surface area contributed by atoms with Crippen molar-refractivity contribution in [2.75, 3.05) is 11.4 Å². The number of pyridine rings is 1. The number of anilines is 1. The first kappa shape index (κ1) is 14.4. The Labute approximate surface area is 125 Å². The van der Waals surface area contributed by atoms with Crippen molar-refractivity contribution in [2.45, 2.75) is 19.4 Å². The Hall–Kier alpha value is -2.55. The van der Waals surface area contributed by atoms with E-state index in [2.05, 4.69) is 4.98 Å². The molecular weight excluding hydrogens is 291 g/mol. The van der Waals surface area contributed by atoms with E-state index in [-0.39, 0.29) is 11.4 Å². The van der Waals surface area contributed by atoms with Crippen LogP contribution in [0.5, 0.6) is 0 Å². The molecule has 1 aromatic heterocycles. The summed E-state index contributed by atoms with van der Waals surface area (Å²) in [6, 6.07) is 4.65. The van der Waals surface area contributed by atoms with Gasteiger partial charge in [0, 0.05) is 18.8 Å². The van der Waals surface area contributed by atoms with Crippen molar-refractivity contribution in [3.63, 3.8) is 0 Å². The molecule has 1 aromatic carbocycles. The van der Waals surface area contributed by atoms with Gasteiger partial charge in [0.2, 0.25) is 0 Å². The van der Waals surface area contributed by atoms with E-state index in [0.717, 1.165) is 12.1 Å². The van der Waals surface area contributed by atoms with E-state index < -0.39 is 23.5 Å². The van der Waals surface area contributed by atoms with Crippen LogP contribution in [0.15, 0.2) is 24.4 Å². The van der Waals surface area contributed by atoms with Crippen LogP contribution in [0.3, 0.4) is 0 Å².